The average molecular weight is 378 g/mol. The Labute approximate surface area is 163 Å². The van der Waals surface area contributed by atoms with Crippen molar-refractivity contribution in [2.75, 3.05) is 0 Å². The Kier molecular flexibility index (Phi) is 5.12. The zero-order valence-corrected chi connectivity index (χ0v) is 16.4. The van der Waals surface area contributed by atoms with Gasteiger partial charge in [-0.2, -0.15) is 0 Å². The molecule has 0 radical (unpaired) electrons. The highest BCUT2D eigenvalue weighted by atomic mass is 32.2. The molecule has 0 spiro atoms. The second kappa shape index (κ2) is 7.69. The number of hydrogen-bond donors (Lipinski definition) is 1. The van der Waals surface area contributed by atoms with Crippen LogP contribution in [0.2, 0.25) is 0 Å². The number of hydrogen-bond acceptors (Lipinski definition) is 4. The van der Waals surface area contributed by atoms with Crippen molar-refractivity contribution < 1.29 is 4.79 Å². The molecule has 1 aromatic heterocycles. The summed E-state index contributed by atoms with van der Waals surface area (Å²) in [6.07, 6.45) is 3.20. The first-order valence-electron chi connectivity index (χ1n) is 9.40. The van der Waals surface area contributed by atoms with Crippen molar-refractivity contribution in [3.8, 4) is 0 Å². The van der Waals surface area contributed by atoms with E-state index in [1.54, 1.807) is 0 Å². The summed E-state index contributed by atoms with van der Waals surface area (Å²) in [5.41, 5.74) is 3.53. The summed E-state index contributed by atoms with van der Waals surface area (Å²) in [6.45, 7) is 3.83. The number of carbonyl (C=O) groups excluding carboxylic acids is 1. The molecule has 2 atom stereocenters. The smallest absolute Gasteiger partial charge is 0.233 e. The molecular formula is C22H23N3OS. The molecule has 3 aromatic rings. The highest BCUT2D eigenvalue weighted by molar-refractivity contribution is 8.00. The first kappa shape index (κ1) is 18.0. The molecule has 0 aliphatic heterocycles. The number of para-hydroxylation sites is 1. The van der Waals surface area contributed by atoms with Gasteiger partial charge in [-0.3, -0.25) is 4.79 Å². The van der Waals surface area contributed by atoms with Crippen molar-refractivity contribution in [3.05, 3.63) is 65.5 Å². The predicted molar refractivity (Wildman–Crippen MR) is 110 cm³/mol. The Morgan fingerprint density at radius 2 is 1.93 bits per heavy atom. The molecule has 0 saturated heterocycles. The van der Waals surface area contributed by atoms with Gasteiger partial charge in [-0.05, 0) is 50.3 Å². The lowest BCUT2D eigenvalue weighted by Gasteiger charge is -2.27. The molecule has 4 nitrogen and oxygen atoms in total. The molecular weight excluding hydrogens is 354 g/mol. The monoisotopic (exact) mass is 377 g/mol. The molecule has 1 amide bonds. The quantitative estimate of drug-likeness (QED) is 0.533. The lowest BCUT2D eigenvalue weighted by Crippen LogP contribution is -2.35. The van der Waals surface area contributed by atoms with E-state index in [1.165, 1.54) is 22.9 Å². The molecule has 0 fully saturated rings. The van der Waals surface area contributed by atoms with Gasteiger partial charge < -0.3 is 5.32 Å². The largest absolute Gasteiger partial charge is 0.348 e. The van der Waals surface area contributed by atoms with E-state index in [-0.39, 0.29) is 17.2 Å². The Morgan fingerprint density at radius 1 is 1.15 bits per heavy atom. The van der Waals surface area contributed by atoms with Gasteiger partial charge in [0.1, 0.15) is 10.9 Å². The van der Waals surface area contributed by atoms with E-state index in [1.807, 2.05) is 38.1 Å². The molecule has 1 aliphatic carbocycles. The minimum Gasteiger partial charge on any atom is -0.348 e. The molecule has 2 unspecified atom stereocenters. The maximum atomic E-state index is 12.9. The summed E-state index contributed by atoms with van der Waals surface area (Å²) in [6, 6.07) is 16.5. The highest BCUT2D eigenvalue weighted by Gasteiger charge is 2.24. The van der Waals surface area contributed by atoms with E-state index in [0.717, 1.165) is 41.0 Å². The maximum Gasteiger partial charge on any atom is 0.233 e. The molecule has 27 heavy (non-hydrogen) atoms. The van der Waals surface area contributed by atoms with Crippen molar-refractivity contribution in [1.29, 1.82) is 0 Å². The van der Waals surface area contributed by atoms with Crippen LogP contribution < -0.4 is 5.32 Å². The number of thioether (sulfide) groups is 1. The van der Waals surface area contributed by atoms with E-state index < -0.39 is 0 Å². The third-order valence-corrected chi connectivity index (χ3v) is 6.13. The summed E-state index contributed by atoms with van der Waals surface area (Å²) in [7, 11) is 0. The van der Waals surface area contributed by atoms with Crippen LogP contribution in [-0.4, -0.2) is 21.1 Å². The summed E-state index contributed by atoms with van der Waals surface area (Å²) in [5, 5.41) is 4.89. The Hall–Kier alpha value is -2.40. The number of rotatable bonds is 4. The summed E-state index contributed by atoms with van der Waals surface area (Å²) in [5.74, 6) is 0.784. The van der Waals surface area contributed by atoms with Gasteiger partial charge in [0.2, 0.25) is 5.91 Å². The number of fused-ring (bicyclic) bond motifs is 2. The van der Waals surface area contributed by atoms with Gasteiger partial charge in [0.05, 0.1) is 16.8 Å². The van der Waals surface area contributed by atoms with Gasteiger partial charge in [0, 0.05) is 5.39 Å². The van der Waals surface area contributed by atoms with Gasteiger partial charge in [0.25, 0.3) is 0 Å². The summed E-state index contributed by atoms with van der Waals surface area (Å²) in [4.78, 5) is 21.9. The normalized spacial score (nSPS) is 17.3. The van der Waals surface area contributed by atoms with E-state index in [4.69, 9.17) is 0 Å². The van der Waals surface area contributed by atoms with Crippen LogP contribution in [0, 0.1) is 6.92 Å². The molecule has 1 heterocycles. The van der Waals surface area contributed by atoms with E-state index >= 15 is 0 Å². The first-order chi connectivity index (χ1) is 13.1. The number of aryl methyl sites for hydroxylation is 2. The molecule has 2 aromatic carbocycles. The van der Waals surface area contributed by atoms with Crippen LogP contribution in [-0.2, 0) is 11.2 Å². The van der Waals surface area contributed by atoms with Crippen LogP contribution in [0.15, 0.2) is 53.6 Å². The minimum absolute atomic E-state index is 0.0575. The summed E-state index contributed by atoms with van der Waals surface area (Å²) < 4.78 is 0. The Balaban J connectivity index is 1.51. The fourth-order valence-corrected chi connectivity index (χ4v) is 4.66. The topological polar surface area (TPSA) is 54.9 Å². The third-order valence-electron chi connectivity index (χ3n) is 5.02. The van der Waals surface area contributed by atoms with Crippen LogP contribution >= 0.6 is 11.8 Å². The zero-order chi connectivity index (χ0) is 18.8. The van der Waals surface area contributed by atoms with Crippen LogP contribution in [0.25, 0.3) is 10.9 Å². The van der Waals surface area contributed by atoms with E-state index in [9.17, 15) is 4.79 Å². The number of amides is 1. The SMILES string of the molecule is Cc1nc(SC(C)C(=O)NC2CCCc3ccccc32)c2ccccc2n1. The lowest BCUT2D eigenvalue weighted by molar-refractivity contribution is -0.121. The molecule has 1 N–H and O–H groups in total. The Bertz CT molecular complexity index is 988. The van der Waals surface area contributed by atoms with Crippen molar-refractivity contribution in [1.82, 2.24) is 15.3 Å². The molecule has 0 bridgehead atoms. The van der Waals surface area contributed by atoms with Crippen LogP contribution in [0.5, 0.6) is 0 Å². The van der Waals surface area contributed by atoms with Gasteiger partial charge >= 0.3 is 0 Å². The van der Waals surface area contributed by atoms with E-state index in [0.29, 0.717) is 0 Å². The number of nitrogens with one attached hydrogen (secondary N) is 1. The standard InChI is InChI=1S/C22H23N3OS/c1-14(27-22-18-11-5-6-12-20(18)23-15(2)24-22)21(26)25-19-13-7-9-16-8-3-4-10-17(16)19/h3-6,8,10-12,14,19H,7,9,13H2,1-2H3,(H,25,26). The van der Waals surface area contributed by atoms with Crippen LogP contribution in [0.1, 0.15) is 42.8 Å². The van der Waals surface area contributed by atoms with Gasteiger partial charge in [-0.1, -0.05) is 54.2 Å². The molecule has 1 aliphatic rings. The predicted octanol–water partition coefficient (Wildman–Crippen LogP) is 4.61. The lowest BCUT2D eigenvalue weighted by atomic mass is 9.88. The number of benzene rings is 2. The number of aromatic nitrogens is 2. The van der Waals surface area contributed by atoms with Crippen LogP contribution in [0.4, 0.5) is 0 Å². The maximum absolute atomic E-state index is 12.9. The van der Waals surface area contributed by atoms with Crippen molar-refractivity contribution >= 4 is 28.6 Å². The van der Waals surface area contributed by atoms with Gasteiger partial charge in [-0.25, -0.2) is 9.97 Å². The van der Waals surface area contributed by atoms with Crippen molar-refractivity contribution in [2.24, 2.45) is 0 Å². The molecule has 0 saturated carbocycles. The van der Waals surface area contributed by atoms with Gasteiger partial charge in [-0.15, -0.1) is 0 Å². The van der Waals surface area contributed by atoms with E-state index in [2.05, 4.69) is 39.6 Å². The van der Waals surface area contributed by atoms with Gasteiger partial charge in [0.15, 0.2) is 0 Å². The van der Waals surface area contributed by atoms with Crippen molar-refractivity contribution in [2.45, 2.75) is 49.4 Å². The second-order valence-electron chi connectivity index (χ2n) is 7.01. The Morgan fingerprint density at radius 3 is 2.81 bits per heavy atom. The third kappa shape index (κ3) is 3.83. The zero-order valence-electron chi connectivity index (χ0n) is 15.6. The second-order valence-corrected chi connectivity index (χ2v) is 8.33. The summed E-state index contributed by atoms with van der Waals surface area (Å²) >= 11 is 1.50. The number of carbonyl (C=O) groups is 1. The molecule has 4 rings (SSSR count). The average Bonchev–Trinajstić information content (AvgIpc) is 2.68. The fraction of sp³-hybridized carbons (Fsp3) is 0.318. The first-order valence-corrected chi connectivity index (χ1v) is 10.3. The highest BCUT2D eigenvalue weighted by Crippen LogP contribution is 2.32. The van der Waals surface area contributed by atoms with Crippen molar-refractivity contribution in [3.63, 3.8) is 0 Å². The number of nitrogens with zero attached hydrogens (tertiary/aromatic N) is 2. The molecule has 5 heteroatoms. The van der Waals surface area contributed by atoms with Crippen LogP contribution in [0.3, 0.4) is 0 Å². The molecule has 138 valence electrons. The minimum atomic E-state index is -0.225. The fourth-order valence-electron chi connectivity index (χ4n) is 3.66.